The Kier molecular flexibility index (Phi) is 3.82. The number of carbonyl (C=O) groups is 1. The van der Waals surface area contributed by atoms with Crippen LogP contribution in [0.3, 0.4) is 0 Å². The Morgan fingerprint density at radius 3 is 2.53 bits per heavy atom. The van der Waals surface area contributed by atoms with Gasteiger partial charge >= 0.3 is 0 Å². The fraction of sp³-hybridized carbons (Fsp3) is 0.417. The van der Waals surface area contributed by atoms with Crippen LogP contribution in [0.5, 0.6) is 0 Å². The lowest BCUT2D eigenvalue weighted by molar-refractivity contribution is 0.0916. The van der Waals surface area contributed by atoms with Gasteiger partial charge in [0.25, 0.3) is 15.0 Å². The van der Waals surface area contributed by atoms with E-state index in [1.54, 1.807) is 0 Å². The smallest absolute Gasteiger partial charge is 0.261 e. The number of hydrogen-bond donors (Lipinski definition) is 1. The van der Waals surface area contributed by atoms with Crippen LogP contribution in [-0.4, -0.2) is 20.4 Å². The summed E-state index contributed by atoms with van der Waals surface area (Å²) in [5.74, 6) is -1.24. The molecule has 7 heteroatoms. The third-order valence-corrected chi connectivity index (χ3v) is 4.71. The predicted octanol–water partition coefficient (Wildman–Crippen LogP) is 2.34. The minimum absolute atomic E-state index is 0.0331. The van der Waals surface area contributed by atoms with E-state index in [1.165, 1.54) is 6.92 Å². The second-order valence-corrected chi connectivity index (χ2v) is 7.15. The highest BCUT2D eigenvalue weighted by molar-refractivity contribution is 8.13. The molecule has 1 N–H and O–H groups in total. The van der Waals surface area contributed by atoms with Gasteiger partial charge in [-0.3, -0.25) is 4.79 Å². The van der Waals surface area contributed by atoms with Crippen molar-refractivity contribution in [2.24, 2.45) is 0 Å². The molecule has 19 heavy (non-hydrogen) atoms. The third kappa shape index (κ3) is 3.06. The van der Waals surface area contributed by atoms with Gasteiger partial charge in [-0.1, -0.05) is 0 Å². The number of rotatable bonds is 3. The Morgan fingerprint density at radius 2 is 2.05 bits per heavy atom. The van der Waals surface area contributed by atoms with Crippen LogP contribution in [0.1, 0.15) is 35.2 Å². The second-order valence-electron chi connectivity index (χ2n) is 4.62. The Labute approximate surface area is 115 Å². The molecule has 1 aromatic carbocycles. The second kappa shape index (κ2) is 5.09. The van der Waals surface area contributed by atoms with E-state index >= 15 is 0 Å². The Hall–Kier alpha value is -1.14. The Balaban J connectivity index is 2.36. The maximum Gasteiger partial charge on any atom is 0.261 e. The molecule has 1 aliphatic rings. The summed E-state index contributed by atoms with van der Waals surface area (Å²) >= 11 is 0. The van der Waals surface area contributed by atoms with Crippen molar-refractivity contribution in [1.29, 1.82) is 0 Å². The molecule has 0 aliphatic heterocycles. The van der Waals surface area contributed by atoms with Crippen molar-refractivity contribution in [3.05, 3.63) is 29.1 Å². The molecule has 0 saturated heterocycles. The average Bonchev–Trinajstić information content (AvgIpc) is 2.25. The highest BCUT2D eigenvalue weighted by Crippen LogP contribution is 2.24. The minimum atomic E-state index is -4.08. The van der Waals surface area contributed by atoms with E-state index in [2.05, 4.69) is 5.32 Å². The van der Waals surface area contributed by atoms with Crippen molar-refractivity contribution in [3.63, 3.8) is 0 Å². The van der Waals surface area contributed by atoms with Crippen molar-refractivity contribution >= 4 is 25.6 Å². The van der Waals surface area contributed by atoms with E-state index in [0.29, 0.717) is 0 Å². The van der Waals surface area contributed by atoms with Gasteiger partial charge in [0, 0.05) is 27.9 Å². The summed E-state index contributed by atoms with van der Waals surface area (Å²) in [6.45, 7) is 1.30. The van der Waals surface area contributed by atoms with E-state index in [9.17, 15) is 17.6 Å². The van der Waals surface area contributed by atoms with Crippen LogP contribution in [0.25, 0.3) is 0 Å². The van der Waals surface area contributed by atoms with Gasteiger partial charge in [0.2, 0.25) is 0 Å². The third-order valence-electron chi connectivity index (χ3n) is 3.26. The lowest BCUT2D eigenvalue weighted by atomic mass is 9.93. The van der Waals surface area contributed by atoms with Crippen LogP contribution in [0, 0.1) is 12.7 Å². The number of hydrogen-bond acceptors (Lipinski definition) is 3. The molecule has 0 spiro atoms. The molecule has 1 aromatic rings. The maximum absolute atomic E-state index is 13.7. The van der Waals surface area contributed by atoms with Crippen molar-refractivity contribution in [3.8, 4) is 0 Å². The Morgan fingerprint density at radius 1 is 1.42 bits per heavy atom. The molecular formula is C12H13ClFNO3S. The van der Waals surface area contributed by atoms with Gasteiger partial charge in [-0.25, -0.2) is 12.8 Å². The standard InChI is InChI=1S/C12H13ClFNO3S/c1-7-10(14)5-8(6-11(7)19(13,17)18)12(16)15-9-3-2-4-9/h5-6,9H,2-4H2,1H3,(H,15,16). The molecule has 0 atom stereocenters. The molecule has 0 heterocycles. The van der Waals surface area contributed by atoms with Gasteiger partial charge < -0.3 is 5.32 Å². The van der Waals surface area contributed by atoms with Gasteiger partial charge in [0.1, 0.15) is 5.82 Å². The van der Waals surface area contributed by atoms with Crippen LogP contribution in [0.2, 0.25) is 0 Å². The normalized spacial score (nSPS) is 15.9. The van der Waals surface area contributed by atoms with E-state index < -0.39 is 20.8 Å². The molecule has 2 rings (SSSR count). The van der Waals surface area contributed by atoms with Crippen LogP contribution in [0.4, 0.5) is 4.39 Å². The SMILES string of the molecule is Cc1c(F)cc(C(=O)NC2CCC2)cc1S(=O)(=O)Cl. The summed E-state index contributed by atoms with van der Waals surface area (Å²) < 4.78 is 36.3. The van der Waals surface area contributed by atoms with E-state index in [-0.39, 0.29) is 22.1 Å². The van der Waals surface area contributed by atoms with Gasteiger partial charge in [0.05, 0.1) is 4.90 Å². The maximum atomic E-state index is 13.7. The van der Waals surface area contributed by atoms with Gasteiger partial charge in [-0.05, 0) is 38.3 Å². The molecule has 104 valence electrons. The molecule has 1 amide bonds. The monoisotopic (exact) mass is 305 g/mol. The molecule has 1 fully saturated rings. The zero-order chi connectivity index (χ0) is 14.2. The van der Waals surface area contributed by atoms with Crippen molar-refractivity contribution in [1.82, 2.24) is 5.32 Å². The quantitative estimate of drug-likeness (QED) is 0.872. The summed E-state index contributed by atoms with van der Waals surface area (Å²) in [6.07, 6.45) is 2.83. The first kappa shape index (κ1) is 14.3. The Bertz CT molecular complexity index is 626. The molecular weight excluding hydrogens is 293 g/mol. The lowest BCUT2D eigenvalue weighted by Gasteiger charge is -2.26. The van der Waals surface area contributed by atoms with Crippen LogP contribution < -0.4 is 5.32 Å². The van der Waals surface area contributed by atoms with Crippen LogP contribution in [0.15, 0.2) is 17.0 Å². The fourth-order valence-electron chi connectivity index (χ4n) is 1.86. The summed E-state index contributed by atoms with van der Waals surface area (Å²) in [6, 6.07) is 2.22. The van der Waals surface area contributed by atoms with Gasteiger partial charge in [-0.15, -0.1) is 0 Å². The number of amides is 1. The number of benzene rings is 1. The largest absolute Gasteiger partial charge is 0.349 e. The van der Waals surface area contributed by atoms with Crippen molar-refractivity contribution in [2.45, 2.75) is 37.1 Å². The van der Waals surface area contributed by atoms with E-state index in [0.717, 1.165) is 31.4 Å². The van der Waals surface area contributed by atoms with Crippen LogP contribution >= 0.6 is 10.7 Å². The molecule has 1 saturated carbocycles. The fourth-order valence-corrected chi connectivity index (χ4v) is 3.07. The number of halogens is 2. The van der Waals surface area contributed by atoms with Crippen molar-refractivity contribution in [2.75, 3.05) is 0 Å². The average molecular weight is 306 g/mol. The highest BCUT2D eigenvalue weighted by Gasteiger charge is 2.23. The van der Waals surface area contributed by atoms with Gasteiger partial charge in [-0.2, -0.15) is 0 Å². The molecule has 0 bridgehead atoms. The number of carbonyl (C=O) groups excluding carboxylic acids is 1. The van der Waals surface area contributed by atoms with Gasteiger partial charge in [0.15, 0.2) is 0 Å². The lowest BCUT2D eigenvalue weighted by Crippen LogP contribution is -2.39. The van der Waals surface area contributed by atoms with E-state index in [4.69, 9.17) is 10.7 Å². The summed E-state index contributed by atoms with van der Waals surface area (Å²) in [5.41, 5.74) is -0.121. The zero-order valence-corrected chi connectivity index (χ0v) is 11.8. The topological polar surface area (TPSA) is 63.2 Å². The predicted molar refractivity (Wildman–Crippen MR) is 69.3 cm³/mol. The zero-order valence-electron chi connectivity index (χ0n) is 10.2. The first-order chi connectivity index (χ1) is 8.79. The number of nitrogens with one attached hydrogen (secondary N) is 1. The summed E-state index contributed by atoms with van der Waals surface area (Å²) in [5, 5.41) is 2.71. The van der Waals surface area contributed by atoms with E-state index in [1.807, 2.05) is 0 Å². The summed E-state index contributed by atoms with van der Waals surface area (Å²) in [7, 11) is 1.15. The summed E-state index contributed by atoms with van der Waals surface area (Å²) in [4.78, 5) is 11.5. The molecule has 0 unspecified atom stereocenters. The molecule has 1 aliphatic carbocycles. The first-order valence-corrected chi connectivity index (χ1v) is 8.15. The molecule has 0 radical (unpaired) electrons. The molecule has 0 aromatic heterocycles. The molecule has 4 nitrogen and oxygen atoms in total. The first-order valence-electron chi connectivity index (χ1n) is 5.84. The minimum Gasteiger partial charge on any atom is -0.349 e. The van der Waals surface area contributed by atoms with Crippen molar-refractivity contribution < 1.29 is 17.6 Å². The van der Waals surface area contributed by atoms with Crippen LogP contribution in [-0.2, 0) is 9.05 Å². The highest BCUT2D eigenvalue weighted by atomic mass is 35.7.